The van der Waals surface area contributed by atoms with Gasteiger partial charge < -0.3 is 4.74 Å². The molecule has 1 aromatic heterocycles. The lowest BCUT2D eigenvalue weighted by Crippen LogP contribution is -2.35. The van der Waals surface area contributed by atoms with E-state index in [1.165, 1.54) is 11.3 Å². The minimum Gasteiger partial charge on any atom is -0.373 e. The van der Waals surface area contributed by atoms with E-state index < -0.39 is 5.41 Å². The summed E-state index contributed by atoms with van der Waals surface area (Å²) in [5, 5.41) is 18.0. The molecule has 2 aliphatic rings. The Kier molecular flexibility index (Phi) is 1.64. The third-order valence-corrected chi connectivity index (χ3v) is 4.02. The van der Waals surface area contributed by atoms with Crippen molar-refractivity contribution < 1.29 is 4.74 Å². The number of rotatable bonds is 1. The van der Waals surface area contributed by atoms with Crippen LogP contribution in [0.1, 0.15) is 24.3 Å². The van der Waals surface area contributed by atoms with E-state index in [1.807, 2.05) is 0 Å². The zero-order valence-corrected chi connectivity index (χ0v) is 8.33. The minimum absolute atomic E-state index is 0.0467. The summed E-state index contributed by atoms with van der Waals surface area (Å²) >= 11 is 1.46. The van der Waals surface area contributed by atoms with Gasteiger partial charge in [0.15, 0.2) is 0 Å². The van der Waals surface area contributed by atoms with E-state index in [4.69, 9.17) is 4.74 Å². The van der Waals surface area contributed by atoms with Crippen LogP contribution in [-0.4, -0.2) is 22.4 Å². The maximum absolute atomic E-state index is 9.32. The molecule has 4 nitrogen and oxygen atoms in total. The van der Waals surface area contributed by atoms with Gasteiger partial charge in [0, 0.05) is 6.42 Å². The second-order valence-corrected chi connectivity index (χ2v) is 4.69. The van der Waals surface area contributed by atoms with Crippen LogP contribution in [0.4, 0.5) is 0 Å². The van der Waals surface area contributed by atoms with Crippen LogP contribution in [0.25, 0.3) is 0 Å². The van der Waals surface area contributed by atoms with Crippen molar-refractivity contribution in [3.8, 4) is 6.07 Å². The highest BCUT2D eigenvalue weighted by Gasteiger charge is 2.55. The molecule has 0 saturated carbocycles. The van der Waals surface area contributed by atoms with Crippen LogP contribution >= 0.6 is 11.3 Å². The molecule has 5 heteroatoms. The first-order chi connectivity index (χ1) is 6.85. The molecule has 0 aromatic carbocycles. The smallest absolute Gasteiger partial charge is 0.140 e. The van der Waals surface area contributed by atoms with Crippen molar-refractivity contribution in [2.45, 2.75) is 36.9 Å². The quantitative estimate of drug-likeness (QED) is 0.695. The predicted octanol–water partition coefficient (Wildman–Crippen LogP) is 1.25. The monoisotopic (exact) mass is 207 g/mol. The fourth-order valence-corrected chi connectivity index (χ4v) is 3.23. The number of hydrogen-bond acceptors (Lipinski definition) is 5. The molecule has 0 N–H and O–H groups in total. The Bertz CT molecular complexity index is 385. The van der Waals surface area contributed by atoms with Crippen LogP contribution in [0.3, 0.4) is 0 Å². The van der Waals surface area contributed by atoms with Crippen molar-refractivity contribution in [1.82, 2.24) is 10.2 Å². The topological polar surface area (TPSA) is 58.8 Å². The van der Waals surface area contributed by atoms with Gasteiger partial charge in [-0.25, -0.2) is 0 Å². The van der Waals surface area contributed by atoms with E-state index in [2.05, 4.69) is 16.3 Å². The van der Waals surface area contributed by atoms with E-state index in [0.29, 0.717) is 0 Å². The fourth-order valence-electron chi connectivity index (χ4n) is 2.47. The molecule has 3 unspecified atom stereocenters. The first-order valence-corrected chi connectivity index (χ1v) is 5.56. The van der Waals surface area contributed by atoms with Crippen molar-refractivity contribution >= 4 is 11.3 Å². The van der Waals surface area contributed by atoms with Gasteiger partial charge in [-0.15, -0.1) is 21.5 Å². The number of nitriles is 1. The SMILES string of the molecule is N#CC1(c2nncs2)CC2CCC1O2. The lowest BCUT2D eigenvalue weighted by Gasteiger charge is -2.24. The average molecular weight is 207 g/mol. The van der Waals surface area contributed by atoms with Crippen LogP contribution < -0.4 is 0 Å². The third-order valence-electron chi connectivity index (χ3n) is 3.15. The molecular formula is C9H9N3OS. The predicted molar refractivity (Wildman–Crippen MR) is 49.7 cm³/mol. The Labute approximate surface area is 85.5 Å². The van der Waals surface area contributed by atoms with Crippen LogP contribution in [0.2, 0.25) is 0 Å². The zero-order valence-electron chi connectivity index (χ0n) is 7.51. The van der Waals surface area contributed by atoms with Crippen LogP contribution in [-0.2, 0) is 10.2 Å². The average Bonchev–Trinajstić information content (AvgIpc) is 2.93. The summed E-state index contributed by atoms with van der Waals surface area (Å²) in [6.45, 7) is 0. The lowest BCUT2D eigenvalue weighted by molar-refractivity contribution is 0.0929. The van der Waals surface area contributed by atoms with Gasteiger partial charge in [-0.3, -0.25) is 0 Å². The molecule has 14 heavy (non-hydrogen) atoms. The zero-order chi connectivity index (χ0) is 9.60. The van der Waals surface area contributed by atoms with E-state index >= 15 is 0 Å². The summed E-state index contributed by atoms with van der Waals surface area (Å²) in [5.41, 5.74) is 1.19. The standard InChI is InChI=1S/C9H9N3OS/c10-4-9(8-12-11-5-14-8)3-6-1-2-7(9)13-6/h5-7H,1-3H2. The number of aromatic nitrogens is 2. The molecule has 2 bridgehead atoms. The van der Waals surface area contributed by atoms with Crippen molar-refractivity contribution in [3.05, 3.63) is 10.5 Å². The highest BCUT2D eigenvalue weighted by Crippen LogP contribution is 2.49. The fraction of sp³-hybridized carbons (Fsp3) is 0.667. The minimum atomic E-state index is -0.496. The molecule has 0 spiro atoms. The van der Waals surface area contributed by atoms with E-state index in [9.17, 15) is 5.26 Å². The third kappa shape index (κ3) is 0.900. The van der Waals surface area contributed by atoms with Crippen molar-refractivity contribution in [3.63, 3.8) is 0 Å². The molecule has 3 rings (SSSR count). The lowest BCUT2D eigenvalue weighted by atomic mass is 9.75. The molecule has 3 heterocycles. The highest BCUT2D eigenvalue weighted by atomic mass is 32.1. The van der Waals surface area contributed by atoms with Gasteiger partial charge in [-0.05, 0) is 12.8 Å². The summed E-state index contributed by atoms with van der Waals surface area (Å²) < 4.78 is 5.72. The van der Waals surface area contributed by atoms with Crippen LogP contribution in [0.15, 0.2) is 5.51 Å². The van der Waals surface area contributed by atoms with E-state index in [-0.39, 0.29) is 12.2 Å². The maximum Gasteiger partial charge on any atom is 0.140 e. The Morgan fingerprint density at radius 3 is 3.07 bits per heavy atom. The summed E-state index contributed by atoms with van der Waals surface area (Å²) in [5.74, 6) is 0. The van der Waals surface area contributed by atoms with E-state index in [1.54, 1.807) is 5.51 Å². The first kappa shape index (κ1) is 8.33. The number of nitrogens with zero attached hydrogens (tertiary/aromatic N) is 3. The molecule has 2 aliphatic heterocycles. The summed E-state index contributed by atoms with van der Waals surface area (Å²) in [4.78, 5) is 0. The van der Waals surface area contributed by atoms with Gasteiger partial charge in [0.2, 0.25) is 0 Å². The maximum atomic E-state index is 9.32. The van der Waals surface area contributed by atoms with Gasteiger partial charge in [-0.1, -0.05) is 0 Å². The Morgan fingerprint density at radius 1 is 1.64 bits per heavy atom. The molecule has 1 aromatic rings. The van der Waals surface area contributed by atoms with Gasteiger partial charge in [0.1, 0.15) is 15.9 Å². The van der Waals surface area contributed by atoms with Gasteiger partial charge in [0.05, 0.1) is 18.3 Å². The molecule has 2 saturated heterocycles. The number of hydrogen-bond donors (Lipinski definition) is 0. The second-order valence-electron chi connectivity index (χ2n) is 3.86. The van der Waals surface area contributed by atoms with Gasteiger partial charge >= 0.3 is 0 Å². The van der Waals surface area contributed by atoms with Crippen molar-refractivity contribution in [2.75, 3.05) is 0 Å². The summed E-state index contributed by atoms with van der Waals surface area (Å²) in [6.07, 6.45) is 3.18. The number of ether oxygens (including phenoxy) is 1. The van der Waals surface area contributed by atoms with Gasteiger partial charge in [-0.2, -0.15) is 5.26 Å². The summed E-state index contributed by atoms with van der Waals surface area (Å²) in [7, 11) is 0. The highest BCUT2D eigenvalue weighted by molar-refractivity contribution is 7.09. The summed E-state index contributed by atoms with van der Waals surface area (Å²) in [6, 6.07) is 2.39. The molecule has 0 amide bonds. The molecule has 72 valence electrons. The molecule has 3 atom stereocenters. The Hall–Kier alpha value is -0.990. The number of fused-ring (bicyclic) bond motifs is 2. The van der Waals surface area contributed by atoms with Crippen molar-refractivity contribution in [1.29, 1.82) is 5.26 Å². The van der Waals surface area contributed by atoms with Crippen LogP contribution in [0, 0.1) is 11.3 Å². The molecule has 0 aliphatic carbocycles. The largest absolute Gasteiger partial charge is 0.373 e. The molecule has 0 radical (unpaired) electrons. The van der Waals surface area contributed by atoms with E-state index in [0.717, 1.165) is 24.3 Å². The van der Waals surface area contributed by atoms with Crippen molar-refractivity contribution in [2.24, 2.45) is 0 Å². The Balaban J connectivity index is 2.06. The molecular weight excluding hydrogens is 198 g/mol. The second kappa shape index (κ2) is 2.75. The Morgan fingerprint density at radius 2 is 2.57 bits per heavy atom. The molecule has 2 fully saturated rings. The first-order valence-electron chi connectivity index (χ1n) is 4.68. The van der Waals surface area contributed by atoms with Gasteiger partial charge in [0.25, 0.3) is 0 Å². The van der Waals surface area contributed by atoms with Crippen LogP contribution in [0.5, 0.6) is 0 Å². The normalized spacial score (nSPS) is 39.9.